The van der Waals surface area contributed by atoms with Crippen molar-refractivity contribution in [3.63, 3.8) is 0 Å². The fraction of sp³-hybridized carbons (Fsp3) is 0.357. The van der Waals surface area contributed by atoms with Crippen molar-refractivity contribution in [3.8, 4) is 12.3 Å². The molecule has 1 amide bonds. The van der Waals surface area contributed by atoms with Crippen molar-refractivity contribution in [3.05, 3.63) is 28.7 Å². The molecule has 1 unspecified atom stereocenters. The van der Waals surface area contributed by atoms with Crippen molar-refractivity contribution in [1.29, 1.82) is 0 Å². The molecule has 4 heteroatoms. The van der Waals surface area contributed by atoms with Crippen LogP contribution in [0.25, 0.3) is 0 Å². The highest BCUT2D eigenvalue weighted by Gasteiger charge is 2.08. The minimum absolute atomic E-state index is 0.0719. The highest BCUT2D eigenvalue weighted by atomic mass is 79.9. The Morgan fingerprint density at radius 3 is 2.83 bits per heavy atom. The average Bonchev–Trinajstić information content (AvgIpc) is 2.37. The zero-order chi connectivity index (χ0) is 13.4. The summed E-state index contributed by atoms with van der Waals surface area (Å²) in [5.41, 5.74) is 0.772. The second kappa shape index (κ2) is 7.91. The Balaban J connectivity index is 2.43. The van der Waals surface area contributed by atoms with E-state index in [1.165, 1.54) is 0 Å². The molecule has 0 heterocycles. The Morgan fingerprint density at radius 2 is 2.22 bits per heavy atom. The van der Waals surface area contributed by atoms with E-state index in [4.69, 9.17) is 6.42 Å². The summed E-state index contributed by atoms with van der Waals surface area (Å²) >= 11 is 3.38. The zero-order valence-corrected chi connectivity index (χ0v) is 12.0. The maximum Gasteiger partial charge on any atom is 0.238 e. The van der Waals surface area contributed by atoms with E-state index < -0.39 is 0 Å². The van der Waals surface area contributed by atoms with Crippen LogP contribution in [0, 0.1) is 12.3 Å². The van der Waals surface area contributed by atoms with Gasteiger partial charge in [-0.15, -0.1) is 12.3 Å². The summed E-state index contributed by atoms with van der Waals surface area (Å²) in [6.07, 6.45) is 6.80. The largest absolute Gasteiger partial charge is 0.324 e. The van der Waals surface area contributed by atoms with Gasteiger partial charge in [-0.1, -0.05) is 19.1 Å². The molecular formula is C14H17BrN2O. The van der Waals surface area contributed by atoms with E-state index in [1.54, 1.807) is 0 Å². The summed E-state index contributed by atoms with van der Waals surface area (Å²) < 4.78 is 0.869. The summed E-state index contributed by atoms with van der Waals surface area (Å²) in [6.45, 7) is 2.31. The fourth-order valence-corrected chi connectivity index (χ4v) is 1.88. The Kier molecular flexibility index (Phi) is 6.48. The van der Waals surface area contributed by atoms with E-state index >= 15 is 0 Å². The molecule has 96 valence electrons. The minimum atomic E-state index is -0.0719. The van der Waals surface area contributed by atoms with Crippen molar-refractivity contribution in [2.24, 2.45) is 0 Å². The van der Waals surface area contributed by atoms with Gasteiger partial charge in [0.15, 0.2) is 0 Å². The molecule has 18 heavy (non-hydrogen) atoms. The van der Waals surface area contributed by atoms with E-state index in [9.17, 15) is 4.79 Å². The lowest BCUT2D eigenvalue weighted by atomic mass is 10.1. The molecule has 0 radical (unpaired) electrons. The second-order valence-corrected chi connectivity index (χ2v) is 4.78. The first kappa shape index (κ1) is 14.7. The summed E-state index contributed by atoms with van der Waals surface area (Å²) in [6, 6.07) is 7.70. The molecule has 0 saturated heterocycles. The summed E-state index contributed by atoms with van der Waals surface area (Å²) in [5.74, 6) is 2.53. The predicted octanol–water partition coefficient (Wildman–Crippen LogP) is 2.78. The third kappa shape index (κ3) is 4.91. The molecule has 0 aliphatic rings. The molecule has 2 N–H and O–H groups in total. The van der Waals surface area contributed by atoms with Gasteiger partial charge in [-0.2, -0.15) is 0 Å². The van der Waals surface area contributed by atoms with Gasteiger partial charge in [0.2, 0.25) is 5.91 Å². The summed E-state index contributed by atoms with van der Waals surface area (Å²) in [5, 5.41) is 5.97. The van der Waals surface area contributed by atoms with E-state index in [0.717, 1.165) is 16.6 Å². The van der Waals surface area contributed by atoms with E-state index in [2.05, 4.69) is 32.5 Å². The molecule has 0 aliphatic heterocycles. The number of halogens is 1. The lowest BCUT2D eigenvalue weighted by Crippen LogP contribution is -2.35. The van der Waals surface area contributed by atoms with Crippen LogP contribution in [-0.2, 0) is 4.79 Å². The van der Waals surface area contributed by atoms with Crippen LogP contribution < -0.4 is 10.6 Å². The fourth-order valence-electron chi connectivity index (χ4n) is 1.50. The van der Waals surface area contributed by atoms with Crippen LogP contribution in [0.1, 0.15) is 19.8 Å². The molecule has 0 saturated carbocycles. The molecule has 1 atom stereocenters. The first-order valence-corrected chi connectivity index (χ1v) is 6.68. The predicted molar refractivity (Wildman–Crippen MR) is 78.3 cm³/mol. The van der Waals surface area contributed by atoms with E-state index in [0.29, 0.717) is 6.42 Å². The van der Waals surface area contributed by atoms with Gasteiger partial charge in [0.25, 0.3) is 0 Å². The standard InChI is InChI=1S/C14H17BrN2O/c1-3-7-11(4-2)16-10-14(18)17-13-9-6-5-8-12(13)15/h1,5-6,8-9,11,16H,4,7,10H2,2H3,(H,17,18). The quantitative estimate of drug-likeness (QED) is 0.793. The Bertz CT molecular complexity index is 440. The SMILES string of the molecule is C#CCC(CC)NCC(=O)Nc1ccccc1Br. The van der Waals surface area contributed by atoms with Gasteiger partial charge >= 0.3 is 0 Å². The zero-order valence-electron chi connectivity index (χ0n) is 10.4. The number of amides is 1. The monoisotopic (exact) mass is 308 g/mol. The number of hydrogen-bond acceptors (Lipinski definition) is 2. The van der Waals surface area contributed by atoms with Crippen LogP contribution in [0.4, 0.5) is 5.69 Å². The van der Waals surface area contributed by atoms with Gasteiger partial charge in [-0.05, 0) is 34.5 Å². The maximum atomic E-state index is 11.7. The first-order chi connectivity index (χ1) is 8.67. The highest BCUT2D eigenvalue weighted by Crippen LogP contribution is 2.20. The van der Waals surface area contributed by atoms with E-state index in [-0.39, 0.29) is 18.5 Å². The third-order valence-electron chi connectivity index (χ3n) is 2.56. The summed E-state index contributed by atoms with van der Waals surface area (Å²) in [4.78, 5) is 11.7. The molecule has 0 aliphatic carbocycles. The Hall–Kier alpha value is -1.31. The normalized spacial score (nSPS) is 11.6. The molecule has 3 nitrogen and oxygen atoms in total. The van der Waals surface area contributed by atoms with Crippen molar-refractivity contribution in [1.82, 2.24) is 5.32 Å². The van der Waals surface area contributed by atoms with Gasteiger partial charge < -0.3 is 10.6 Å². The molecule has 0 spiro atoms. The maximum absolute atomic E-state index is 11.7. The minimum Gasteiger partial charge on any atom is -0.324 e. The van der Waals surface area contributed by atoms with Crippen LogP contribution in [0.5, 0.6) is 0 Å². The van der Waals surface area contributed by atoms with Crippen molar-refractivity contribution >= 4 is 27.5 Å². The third-order valence-corrected chi connectivity index (χ3v) is 3.25. The van der Waals surface area contributed by atoms with Crippen LogP contribution >= 0.6 is 15.9 Å². The molecule has 1 aromatic rings. The lowest BCUT2D eigenvalue weighted by molar-refractivity contribution is -0.115. The van der Waals surface area contributed by atoms with Gasteiger partial charge in [0.05, 0.1) is 12.2 Å². The van der Waals surface area contributed by atoms with Crippen molar-refractivity contribution in [2.75, 3.05) is 11.9 Å². The van der Waals surface area contributed by atoms with Crippen molar-refractivity contribution in [2.45, 2.75) is 25.8 Å². The van der Waals surface area contributed by atoms with Gasteiger partial charge in [-0.25, -0.2) is 0 Å². The van der Waals surface area contributed by atoms with Crippen LogP contribution in [0.3, 0.4) is 0 Å². The molecule has 0 aromatic heterocycles. The Morgan fingerprint density at radius 1 is 1.50 bits per heavy atom. The average molecular weight is 309 g/mol. The number of rotatable bonds is 6. The van der Waals surface area contributed by atoms with Crippen LogP contribution in [0.2, 0.25) is 0 Å². The number of carbonyl (C=O) groups is 1. The number of nitrogens with one attached hydrogen (secondary N) is 2. The van der Waals surface area contributed by atoms with Crippen LogP contribution in [0.15, 0.2) is 28.7 Å². The smallest absolute Gasteiger partial charge is 0.238 e. The van der Waals surface area contributed by atoms with Gasteiger partial charge in [0.1, 0.15) is 0 Å². The van der Waals surface area contributed by atoms with Crippen molar-refractivity contribution < 1.29 is 4.79 Å². The second-order valence-electron chi connectivity index (χ2n) is 3.92. The first-order valence-electron chi connectivity index (χ1n) is 5.88. The number of benzene rings is 1. The number of terminal acetylenes is 1. The van der Waals surface area contributed by atoms with Gasteiger partial charge in [0, 0.05) is 16.9 Å². The Labute approximate surface area is 116 Å². The molecule has 1 aromatic carbocycles. The number of anilines is 1. The number of para-hydroxylation sites is 1. The molecule has 0 bridgehead atoms. The lowest BCUT2D eigenvalue weighted by Gasteiger charge is -2.14. The topological polar surface area (TPSA) is 41.1 Å². The number of carbonyl (C=O) groups excluding carboxylic acids is 1. The van der Waals surface area contributed by atoms with Gasteiger partial charge in [-0.3, -0.25) is 4.79 Å². The summed E-state index contributed by atoms with van der Waals surface area (Å²) in [7, 11) is 0. The van der Waals surface area contributed by atoms with E-state index in [1.807, 2.05) is 31.2 Å². The molecule has 0 fully saturated rings. The number of hydrogen-bond donors (Lipinski definition) is 2. The highest BCUT2D eigenvalue weighted by molar-refractivity contribution is 9.10. The molecule has 1 rings (SSSR count). The van der Waals surface area contributed by atoms with Crippen LogP contribution in [-0.4, -0.2) is 18.5 Å². The molecular weight excluding hydrogens is 292 g/mol.